The molecule has 2 aromatic rings. The van der Waals surface area contributed by atoms with Crippen LogP contribution in [0.15, 0.2) is 42.5 Å². The lowest BCUT2D eigenvalue weighted by Gasteiger charge is -2.15. The first-order valence-electron chi connectivity index (χ1n) is 9.50. The van der Waals surface area contributed by atoms with E-state index in [1.807, 2.05) is 30.3 Å². The van der Waals surface area contributed by atoms with Crippen molar-refractivity contribution in [2.24, 2.45) is 0 Å². The summed E-state index contributed by atoms with van der Waals surface area (Å²) in [7, 11) is -0.548. The van der Waals surface area contributed by atoms with Crippen molar-refractivity contribution >= 4 is 44.3 Å². The molecule has 0 bridgehead atoms. The molecule has 0 aromatic heterocycles. The molecule has 2 aromatic carbocycles. The Hall–Kier alpha value is -2.98. The average molecular weight is 433 g/mol. The number of nitrogens with zero attached hydrogens (tertiary/aromatic N) is 2. The number of nitrogens with one attached hydrogen (secondary N) is 2. The summed E-state index contributed by atoms with van der Waals surface area (Å²) in [5.41, 5.74) is 0.497. The SMILES string of the molecule is CN(C)S(=O)(=O)CCNC(=O)CCC1NC(=O)N(c2cccc3ccccc23)C1=O. The van der Waals surface area contributed by atoms with Crippen LogP contribution in [0.2, 0.25) is 0 Å². The van der Waals surface area contributed by atoms with Gasteiger partial charge in [0.1, 0.15) is 6.04 Å². The topological polar surface area (TPSA) is 116 Å². The molecule has 160 valence electrons. The molecule has 4 amide bonds. The van der Waals surface area contributed by atoms with Crippen LogP contribution in [0, 0.1) is 0 Å². The van der Waals surface area contributed by atoms with Crippen molar-refractivity contribution in [3.8, 4) is 0 Å². The van der Waals surface area contributed by atoms with E-state index in [0.29, 0.717) is 5.69 Å². The molecule has 0 radical (unpaired) electrons. The summed E-state index contributed by atoms with van der Waals surface area (Å²) < 4.78 is 24.5. The highest BCUT2D eigenvalue weighted by Crippen LogP contribution is 2.29. The van der Waals surface area contributed by atoms with Crippen molar-refractivity contribution in [1.82, 2.24) is 14.9 Å². The molecular formula is C20H24N4O5S. The zero-order valence-corrected chi connectivity index (χ0v) is 17.6. The lowest BCUT2D eigenvalue weighted by Crippen LogP contribution is -2.35. The Morgan fingerprint density at radius 2 is 1.83 bits per heavy atom. The molecule has 1 unspecified atom stereocenters. The fourth-order valence-corrected chi connectivity index (χ4v) is 3.95. The molecule has 0 saturated carbocycles. The number of imide groups is 1. The Morgan fingerprint density at radius 3 is 2.57 bits per heavy atom. The third kappa shape index (κ3) is 4.60. The van der Waals surface area contributed by atoms with E-state index in [2.05, 4.69) is 10.6 Å². The monoisotopic (exact) mass is 432 g/mol. The number of urea groups is 1. The Morgan fingerprint density at radius 1 is 1.13 bits per heavy atom. The first-order chi connectivity index (χ1) is 14.2. The highest BCUT2D eigenvalue weighted by atomic mass is 32.2. The lowest BCUT2D eigenvalue weighted by atomic mass is 10.1. The van der Waals surface area contributed by atoms with Gasteiger partial charge in [0.2, 0.25) is 15.9 Å². The number of carbonyl (C=O) groups is 3. The van der Waals surface area contributed by atoms with Gasteiger partial charge >= 0.3 is 6.03 Å². The number of sulfonamides is 1. The molecule has 1 saturated heterocycles. The van der Waals surface area contributed by atoms with E-state index in [4.69, 9.17) is 0 Å². The Labute approximate surface area is 175 Å². The fraction of sp³-hybridized carbons (Fsp3) is 0.350. The zero-order chi connectivity index (χ0) is 21.9. The van der Waals surface area contributed by atoms with Crippen LogP contribution in [0.3, 0.4) is 0 Å². The molecule has 1 aliphatic rings. The number of rotatable bonds is 8. The van der Waals surface area contributed by atoms with Gasteiger partial charge in [0.05, 0.1) is 11.4 Å². The van der Waals surface area contributed by atoms with Crippen LogP contribution in [0.25, 0.3) is 10.8 Å². The molecule has 1 aliphatic heterocycles. The maximum absolute atomic E-state index is 12.8. The van der Waals surface area contributed by atoms with Crippen molar-refractivity contribution in [2.75, 3.05) is 31.3 Å². The molecule has 9 nitrogen and oxygen atoms in total. The van der Waals surface area contributed by atoms with Gasteiger partial charge in [0, 0.05) is 32.4 Å². The van der Waals surface area contributed by atoms with Gasteiger partial charge in [0.15, 0.2) is 0 Å². The average Bonchev–Trinajstić information content (AvgIpc) is 2.99. The summed E-state index contributed by atoms with van der Waals surface area (Å²) in [6.45, 7) is -0.0214. The van der Waals surface area contributed by atoms with Crippen LogP contribution in [0.5, 0.6) is 0 Å². The van der Waals surface area contributed by atoms with Gasteiger partial charge in [-0.2, -0.15) is 0 Å². The molecular weight excluding hydrogens is 408 g/mol. The number of fused-ring (bicyclic) bond motifs is 1. The van der Waals surface area contributed by atoms with Gasteiger partial charge in [-0.15, -0.1) is 0 Å². The highest BCUT2D eigenvalue weighted by Gasteiger charge is 2.39. The first-order valence-corrected chi connectivity index (χ1v) is 11.1. The van der Waals surface area contributed by atoms with Crippen molar-refractivity contribution in [3.05, 3.63) is 42.5 Å². The Kier molecular flexibility index (Phi) is 6.37. The number of anilines is 1. The summed E-state index contributed by atoms with van der Waals surface area (Å²) in [6, 6.07) is 11.5. The first kappa shape index (κ1) is 21.7. The summed E-state index contributed by atoms with van der Waals surface area (Å²) in [5.74, 6) is -1.01. The molecule has 10 heteroatoms. The molecule has 1 atom stereocenters. The van der Waals surface area contributed by atoms with Gasteiger partial charge in [0.25, 0.3) is 5.91 Å². The van der Waals surface area contributed by atoms with E-state index >= 15 is 0 Å². The normalized spacial score (nSPS) is 16.9. The second-order valence-electron chi connectivity index (χ2n) is 7.16. The predicted molar refractivity (Wildman–Crippen MR) is 113 cm³/mol. The molecule has 0 spiro atoms. The minimum atomic E-state index is -3.40. The molecule has 2 N–H and O–H groups in total. The van der Waals surface area contributed by atoms with E-state index in [1.54, 1.807) is 12.1 Å². The quantitative estimate of drug-likeness (QED) is 0.605. The number of hydrogen-bond acceptors (Lipinski definition) is 5. The molecule has 30 heavy (non-hydrogen) atoms. The van der Waals surface area contributed by atoms with Gasteiger partial charge in [-0.05, 0) is 17.9 Å². The molecule has 1 heterocycles. The maximum Gasteiger partial charge on any atom is 0.329 e. The highest BCUT2D eigenvalue weighted by molar-refractivity contribution is 7.89. The van der Waals surface area contributed by atoms with E-state index in [1.165, 1.54) is 14.1 Å². The minimum Gasteiger partial charge on any atom is -0.355 e. The van der Waals surface area contributed by atoms with Crippen LogP contribution in [-0.4, -0.2) is 63.0 Å². The smallest absolute Gasteiger partial charge is 0.329 e. The van der Waals surface area contributed by atoms with Crippen LogP contribution in [0.1, 0.15) is 12.8 Å². The summed E-state index contributed by atoms with van der Waals surface area (Å²) in [6.07, 6.45) is 0.111. The van der Waals surface area contributed by atoms with Crippen LogP contribution < -0.4 is 15.5 Å². The summed E-state index contributed by atoms with van der Waals surface area (Å²) >= 11 is 0. The number of hydrogen-bond donors (Lipinski definition) is 2. The van der Waals surface area contributed by atoms with Crippen LogP contribution >= 0.6 is 0 Å². The third-order valence-electron chi connectivity index (χ3n) is 4.93. The van der Waals surface area contributed by atoms with E-state index < -0.39 is 28.0 Å². The van der Waals surface area contributed by atoms with Gasteiger partial charge in [-0.25, -0.2) is 22.4 Å². The second-order valence-corrected chi connectivity index (χ2v) is 9.46. The van der Waals surface area contributed by atoms with E-state index in [0.717, 1.165) is 20.0 Å². The van der Waals surface area contributed by atoms with Gasteiger partial charge < -0.3 is 10.6 Å². The van der Waals surface area contributed by atoms with Crippen molar-refractivity contribution in [2.45, 2.75) is 18.9 Å². The van der Waals surface area contributed by atoms with E-state index in [-0.39, 0.29) is 31.0 Å². The third-order valence-corrected chi connectivity index (χ3v) is 6.76. The maximum atomic E-state index is 12.8. The van der Waals surface area contributed by atoms with Crippen LogP contribution in [0.4, 0.5) is 10.5 Å². The summed E-state index contributed by atoms with van der Waals surface area (Å²) in [4.78, 5) is 38.4. The van der Waals surface area contributed by atoms with E-state index in [9.17, 15) is 22.8 Å². The largest absolute Gasteiger partial charge is 0.355 e. The van der Waals surface area contributed by atoms with Crippen molar-refractivity contribution in [1.29, 1.82) is 0 Å². The van der Waals surface area contributed by atoms with Crippen LogP contribution in [-0.2, 0) is 19.6 Å². The Balaban J connectivity index is 1.60. The number of carbonyl (C=O) groups excluding carboxylic acids is 3. The zero-order valence-electron chi connectivity index (χ0n) is 16.8. The van der Waals surface area contributed by atoms with Gasteiger partial charge in [-0.3, -0.25) is 9.59 Å². The predicted octanol–water partition coefficient (Wildman–Crippen LogP) is 1.05. The van der Waals surface area contributed by atoms with Crippen molar-refractivity contribution in [3.63, 3.8) is 0 Å². The Bertz CT molecular complexity index is 1080. The van der Waals surface area contributed by atoms with Gasteiger partial charge in [-0.1, -0.05) is 36.4 Å². The standard InChI is InChI=1S/C20H24N4O5S/c1-23(2)30(28,29)13-12-21-18(25)11-10-16-19(26)24(20(27)22-16)17-9-5-7-14-6-3-4-8-15(14)17/h3-9,16H,10-13H2,1-2H3,(H,21,25)(H,22,27). The minimum absolute atomic E-state index is 0.0118. The molecule has 0 aliphatic carbocycles. The second kappa shape index (κ2) is 8.80. The van der Waals surface area contributed by atoms with Crippen molar-refractivity contribution < 1.29 is 22.8 Å². The number of amides is 4. The fourth-order valence-electron chi connectivity index (χ4n) is 3.22. The lowest BCUT2D eigenvalue weighted by molar-refractivity contribution is -0.121. The molecule has 3 rings (SSSR count). The molecule has 1 fully saturated rings. The summed E-state index contributed by atoms with van der Waals surface area (Å²) in [5, 5.41) is 6.84. The number of benzene rings is 2.